The average Bonchev–Trinajstić information content (AvgIpc) is 2.11. The predicted molar refractivity (Wildman–Crippen MR) is 55.7 cm³/mol. The first-order chi connectivity index (χ1) is 6.11. The Labute approximate surface area is 82.3 Å². The number of hydrogen-bond donors (Lipinski definition) is 1. The van der Waals surface area contributed by atoms with Gasteiger partial charge in [-0.05, 0) is 12.8 Å². The van der Waals surface area contributed by atoms with E-state index in [9.17, 15) is 4.79 Å². The summed E-state index contributed by atoms with van der Waals surface area (Å²) in [5.74, 6) is 0.514. The Bertz CT molecular complexity index is 151. The molecule has 0 aromatic heterocycles. The molecule has 0 fully saturated rings. The fourth-order valence-electron chi connectivity index (χ4n) is 0.954. The predicted octanol–water partition coefficient (Wildman–Crippen LogP) is 1.82. The average molecular weight is 189 g/mol. The highest BCUT2D eigenvalue weighted by molar-refractivity contribution is 5.75. The zero-order chi connectivity index (χ0) is 10.3. The molecule has 0 aliphatic rings. The van der Waals surface area contributed by atoms with Crippen LogP contribution in [-0.2, 0) is 9.53 Å². The first-order valence-corrected chi connectivity index (χ1v) is 4.98. The van der Waals surface area contributed by atoms with Gasteiger partial charge in [0.25, 0.3) is 0 Å². The van der Waals surface area contributed by atoms with Crippen molar-refractivity contribution in [3.63, 3.8) is 0 Å². The largest absolute Gasteiger partial charge is 0.380 e. The van der Waals surface area contributed by atoms with Crippen LogP contribution in [-0.4, -0.2) is 25.2 Å². The molecule has 0 saturated heterocycles. The molecule has 1 unspecified atom stereocenters. The summed E-state index contributed by atoms with van der Waals surface area (Å²) in [6, 6.07) is 0.146. The molecular weight excluding hydrogens is 166 g/mol. The van der Waals surface area contributed by atoms with Gasteiger partial charge in [-0.25, -0.2) is 0 Å². The summed E-state index contributed by atoms with van der Waals surface area (Å²) in [5, 5.41) is 2.94. The van der Waals surface area contributed by atoms with Gasteiger partial charge in [0.2, 0.25) is 5.91 Å². The van der Waals surface area contributed by atoms with E-state index in [1.165, 1.54) is 0 Å². The highest BCUT2D eigenvalue weighted by Gasteiger charge is 2.14. The zero-order valence-corrected chi connectivity index (χ0v) is 9.09. The molecule has 0 aliphatic heterocycles. The van der Waals surface area contributed by atoms with Crippen LogP contribution in [0.15, 0.2) is 0 Å². The fraction of sp³-hybridized carbons (Fsp3) is 0.900. The van der Waals surface area contributed by atoms with E-state index < -0.39 is 0 Å². The maximum atomic E-state index is 11.1. The quantitative estimate of drug-likeness (QED) is 0.692. The second kappa shape index (κ2) is 6.89. The number of carbonyl (C=O) groups is 1. The van der Waals surface area contributed by atoms with Gasteiger partial charge in [0.05, 0.1) is 12.6 Å². The first-order valence-electron chi connectivity index (χ1n) is 4.98. The molecule has 1 N–H and O–H groups in total. The summed E-state index contributed by atoms with van der Waals surface area (Å²) >= 11 is 0. The van der Waals surface area contributed by atoms with Crippen molar-refractivity contribution >= 4 is 5.91 Å². The van der Waals surface area contributed by atoms with Crippen LogP contribution in [0.25, 0.3) is 0 Å². The minimum atomic E-state index is 0. The van der Waals surface area contributed by atoms with Gasteiger partial charge in [-0.1, -0.05) is 20.8 Å². The Morgan fingerprint density at radius 3 is 2.46 bits per heavy atom. The van der Waals surface area contributed by atoms with Gasteiger partial charge in [0.1, 0.15) is 0 Å². The summed E-state index contributed by atoms with van der Waals surface area (Å²) < 4.78 is 5.29. The monoisotopic (exact) mass is 189 g/mol. The molecule has 80 valence electrons. The zero-order valence-electron chi connectivity index (χ0n) is 9.09. The van der Waals surface area contributed by atoms with E-state index in [0.717, 1.165) is 0 Å². The van der Waals surface area contributed by atoms with Crippen LogP contribution >= 0.6 is 0 Å². The van der Waals surface area contributed by atoms with Crippen LogP contribution < -0.4 is 5.32 Å². The highest BCUT2D eigenvalue weighted by atomic mass is 16.5. The molecule has 1 amide bonds. The lowest BCUT2D eigenvalue weighted by atomic mass is 10.1. The van der Waals surface area contributed by atoms with Gasteiger partial charge >= 0.3 is 0 Å². The van der Waals surface area contributed by atoms with Crippen molar-refractivity contribution in [1.82, 2.24) is 5.32 Å². The van der Waals surface area contributed by atoms with E-state index in [0.29, 0.717) is 25.6 Å². The maximum absolute atomic E-state index is 11.1. The lowest BCUT2D eigenvalue weighted by molar-refractivity contribution is -0.122. The third-order valence-corrected chi connectivity index (χ3v) is 1.97. The summed E-state index contributed by atoms with van der Waals surface area (Å²) in [6.45, 7) is 9.29. The topological polar surface area (TPSA) is 38.3 Å². The number of nitrogens with one attached hydrogen (secondary N) is 1. The van der Waals surface area contributed by atoms with E-state index in [2.05, 4.69) is 19.2 Å². The normalized spacial score (nSPS) is 13.0. The number of hydrogen-bond acceptors (Lipinski definition) is 2. The summed E-state index contributed by atoms with van der Waals surface area (Å²) in [4.78, 5) is 11.1. The van der Waals surface area contributed by atoms with Gasteiger partial charge in [-0.3, -0.25) is 4.79 Å². The van der Waals surface area contributed by atoms with E-state index in [4.69, 9.17) is 4.74 Å². The molecule has 0 saturated carbocycles. The van der Waals surface area contributed by atoms with Crippen LogP contribution in [0.5, 0.6) is 0 Å². The standard InChI is InChI=1S/C10H21NO2.H2/c1-5-10(12)11-9(8(3)4)7-13-6-2;/h8-9H,5-7H2,1-4H3,(H,11,12);1H. The number of carbonyl (C=O) groups excluding carboxylic acids is 1. The van der Waals surface area contributed by atoms with Crippen molar-refractivity contribution in [1.29, 1.82) is 0 Å². The van der Waals surface area contributed by atoms with E-state index >= 15 is 0 Å². The third-order valence-electron chi connectivity index (χ3n) is 1.97. The van der Waals surface area contributed by atoms with Gasteiger partial charge in [-0.15, -0.1) is 0 Å². The number of rotatable bonds is 6. The van der Waals surface area contributed by atoms with E-state index in [1.807, 2.05) is 13.8 Å². The molecule has 0 aromatic rings. The molecule has 0 heterocycles. The number of amides is 1. The molecule has 0 radical (unpaired) electrons. The summed E-state index contributed by atoms with van der Waals surface area (Å²) in [7, 11) is 0. The van der Waals surface area contributed by atoms with Crippen molar-refractivity contribution in [2.24, 2.45) is 5.92 Å². The van der Waals surface area contributed by atoms with Crippen LogP contribution in [0.4, 0.5) is 0 Å². The minimum absolute atomic E-state index is 0. The second-order valence-corrected chi connectivity index (χ2v) is 3.43. The van der Waals surface area contributed by atoms with E-state index in [1.54, 1.807) is 0 Å². The first kappa shape index (κ1) is 12.4. The molecule has 3 heteroatoms. The molecule has 13 heavy (non-hydrogen) atoms. The maximum Gasteiger partial charge on any atom is 0.220 e. The fourth-order valence-corrected chi connectivity index (χ4v) is 0.954. The molecule has 0 aromatic carbocycles. The van der Waals surface area contributed by atoms with Crippen molar-refractivity contribution < 1.29 is 11.0 Å². The van der Waals surface area contributed by atoms with Crippen LogP contribution in [0.1, 0.15) is 35.5 Å². The SMILES string of the molecule is CCOCC(NC(=O)CC)C(C)C.[HH]. The molecule has 0 spiro atoms. The third kappa shape index (κ3) is 5.64. The van der Waals surface area contributed by atoms with Gasteiger partial charge in [-0.2, -0.15) is 0 Å². The Hall–Kier alpha value is -0.570. The van der Waals surface area contributed by atoms with Crippen LogP contribution in [0.2, 0.25) is 0 Å². The Morgan fingerprint density at radius 2 is 2.08 bits per heavy atom. The van der Waals surface area contributed by atoms with E-state index in [-0.39, 0.29) is 13.4 Å². The summed E-state index contributed by atoms with van der Waals surface area (Å²) in [5.41, 5.74) is 0. The van der Waals surface area contributed by atoms with Crippen molar-refractivity contribution in [2.45, 2.75) is 40.2 Å². The molecular formula is C10H23NO2. The minimum Gasteiger partial charge on any atom is -0.380 e. The lowest BCUT2D eigenvalue weighted by Crippen LogP contribution is -2.41. The highest BCUT2D eigenvalue weighted by Crippen LogP contribution is 2.02. The smallest absolute Gasteiger partial charge is 0.220 e. The van der Waals surface area contributed by atoms with Gasteiger partial charge in [0.15, 0.2) is 0 Å². The van der Waals surface area contributed by atoms with Crippen LogP contribution in [0.3, 0.4) is 0 Å². The molecule has 0 rings (SSSR count). The Kier molecular flexibility index (Phi) is 6.59. The lowest BCUT2D eigenvalue weighted by Gasteiger charge is -2.21. The molecule has 3 nitrogen and oxygen atoms in total. The van der Waals surface area contributed by atoms with Gasteiger partial charge < -0.3 is 10.1 Å². The van der Waals surface area contributed by atoms with Crippen LogP contribution in [0, 0.1) is 5.92 Å². The number of ether oxygens (including phenoxy) is 1. The van der Waals surface area contributed by atoms with Gasteiger partial charge in [0, 0.05) is 14.5 Å². The van der Waals surface area contributed by atoms with Crippen molar-refractivity contribution in [2.75, 3.05) is 13.2 Å². The van der Waals surface area contributed by atoms with Crippen molar-refractivity contribution in [3.05, 3.63) is 0 Å². The second-order valence-electron chi connectivity index (χ2n) is 3.43. The van der Waals surface area contributed by atoms with Crippen molar-refractivity contribution in [3.8, 4) is 0 Å². The molecule has 1 atom stereocenters. The Balaban J connectivity index is 0. The molecule has 0 aliphatic carbocycles. The Morgan fingerprint density at radius 1 is 1.46 bits per heavy atom. The summed E-state index contributed by atoms with van der Waals surface area (Å²) in [6.07, 6.45) is 0.537. The molecule has 0 bridgehead atoms.